The van der Waals surface area contributed by atoms with Gasteiger partial charge in [0.15, 0.2) is 9.84 Å². The number of nitrogens with one attached hydrogen (secondary N) is 2. The zero-order valence-corrected chi connectivity index (χ0v) is 17.7. The molecule has 0 saturated heterocycles. The molecule has 0 aliphatic heterocycles. The van der Waals surface area contributed by atoms with Gasteiger partial charge < -0.3 is 10.1 Å². The van der Waals surface area contributed by atoms with Crippen LogP contribution in [-0.2, 0) is 24.6 Å². The van der Waals surface area contributed by atoms with Gasteiger partial charge in [0.2, 0.25) is 10.0 Å². The summed E-state index contributed by atoms with van der Waals surface area (Å²) in [6.07, 6.45) is 3.56. The number of hydrogen-bond donors (Lipinski definition) is 2. The number of amides is 1. The molecule has 1 rings (SSSR count). The second-order valence-corrected chi connectivity index (χ2v) is 10.7. The van der Waals surface area contributed by atoms with Gasteiger partial charge in [0.05, 0.1) is 9.79 Å². The Balaban J connectivity index is 2.66. The number of sulfonamides is 1. The first-order chi connectivity index (χ1) is 12.2. The average Bonchev–Trinajstić information content (AvgIpc) is 2.48. The summed E-state index contributed by atoms with van der Waals surface area (Å²) < 4.78 is 55.5. The summed E-state index contributed by atoms with van der Waals surface area (Å²) in [5.41, 5.74) is -0.160. The number of rotatable bonds is 7. The molecule has 0 aliphatic rings. The van der Waals surface area contributed by atoms with Crippen LogP contribution >= 0.6 is 0 Å². The molecule has 0 spiro atoms. The first kappa shape index (κ1) is 23.1. The molecule has 0 saturated carbocycles. The smallest absolute Gasteiger partial charge is 0.407 e. The van der Waals surface area contributed by atoms with Gasteiger partial charge in [-0.1, -0.05) is 18.2 Å². The third-order valence-corrected chi connectivity index (χ3v) is 5.87. The molecule has 0 radical (unpaired) electrons. The molecule has 1 amide bonds. The Hall–Kier alpha value is -1.91. The normalized spacial score (nSPS) is 12.9. The van der Waals surface area contributed by atoms with Gasteiger partial charge in [-0.25, -0.2) is 26.4 Å². The molecule has 0 unspecified atom stereocenters. The molecule has 0 aliphatic carbocycles. The van der Waals surface area contributed by atoms with E-state index < -0.39 is 31.6 Å². The quantitative estimate of drug-likeness (QED) is 0.651. The fraction of sp³-hybridized carbons (Fsp3) is 0.471. The SMILES string of the molecule is Cc1ccc(S(C)(=O)=O)cc1S(=O)(=O)NCC=CCNC(=O)OC(C)(C)C. The number of hydrogen-bond acceptors (Lipinski definition) is 6. The fourth-order valence-electron chi connectivity index (χ4n) is 1.96. The van der Waals surface area contributed by atoms with Crippen LogP contribution in [0, 0.1) is 6.92 Å². The number of benzene rings is 1. The Kier molecular flexibility index (Phi) is 7.58. The van der Waals surface area contributed by atoms with E-state index in [9.17, 15) is 21.6 Å². The predicted octanol–water partition coefficient (Wildman–Crippen LogP) is 1.76. The van der Waals surface area contributed by atoms with Crippen molar-refractivity contribution in [3.8, 4) is 0 Å². The third-order valence-electron chi connectivity index (χ3n) is 3.20. The number of carbonyl (C=O) groups excluding carboxylic acids is 1. The maximum atomic E-state index is 12.4. The zero-order chi connectivity index (χ0) is 20.9. The zero-order valence-electron chi connectivity index (χ0n) is 16.1. The minimum absolute atomic E-state index is 0.0130. The van der Waals surface area contributed by atoms with E-state index in [2.05, 4.69) is 10.0 Å². The summed E-state index contributed by atoms with van der Waals surface area (Å²) in [7, 11) is -7.39. The van der Waals surface area contributed by atoms with E-state index in [0.29, 0.717) is 5.56 Å². The second kappa shape index (κ2) is 8.85. The van der Waals surface area contributed by atoms with Gasteiger partial charge in [-0.2, -0.15) is 0 Å². The highest BCUT2D eigenvalue weighted by Crippen LogP contribution is 2.19. The first-order valence-corrected chi connectivity index (χ1v) is 11.5. The largest absolute Gasteiger partial charge is 0.444 e. The Morgan fingerprint density at radius 1 is 1.11 bits per heavy atom. The van der Waals surface area contributed by atoms with Crippen molar-refractivity contribution in [2.45, 2.75) is 43.1 Å². The minimum atomic E-state index is -3.88. The summed E-state index contributed by atoms with van der Waals surface area (Å²) in [4.78, 5) is 11.3. The molecule has 10 heteroatoms. The van der Waals surface area contributed by atoms with Crippen molar-refractivity contribution in [2.75, 3.05) is 19.3 Å². The highest BCUT2D eigenvalue weighted by molar-refractivity contribution is 7.91. The van der Waals surface area contributed by atoms with E-state index in [-0.39, 0.29) is 22.9 Å². The van der Waals surface area contributed by atoms with Crippen LogP contribution in [0.1, 0.15) is 26.3 Å². The number of sulfone groups is 1. The number of aryl methyl sites for hydroxylation is 1. The third kappa shape index (κ3) is 8.10. The fourth-order valence-corrected chi connectivity index (χ4v) is 3.93. The lowest BCUT2D eigenvalue weighted by Gasteiger charge is -2.19. The van der Waals surface area contributed by atoms with Crippen LogP contribution in [0.15, 0.2) is 40.1 Å². The van der Waals surface area contributed by atoms with E-state index in [1.165, 1.54) is 18.2 Å². The van der Waals surface area contributed by atoms with Gasteiger partial charge >= 0.3 is 6.09 Å². The van der Waals surface area contributed by atoms with Crippen molar-refractivity contribution < 1.29 is 26.4 Å². The summed E-state index contributed by atoms with van der Waals surface area (Å²) in [6.45, 7) is 7.00. The standard InChI is InChI=1S/C17H26N2O6S2/c1-13-8-9-14(26(5,21)22)12-15(13)27(23,24)19-11-7-6-10-18-16(20)25-17(2,3)4/h6-9,12,19H,10-11H2,1-5H3,(H,18,20). The lowest BCUT2D eigenvalue weighted by Crippen LogP contribution is -2.32. The van der Waals surface area contributed by atoms with Gasteiger partial charge in [0, 0.05) is 19.3 Å². The van der Waals surface area contributed by atoms with Crippen LogP contribution in [0.4, 0.5) is 4.79 Å². The summed E-state index contributed by atoms with van der Waals surface area (Å²) in [5.74, 6) is 0. The molecular weight excluding hydrogens is 392 g/mol. The van der Waals surface area contributed by atoms with E-state index in [4.69, 9.17) is 4.74 Å². The molecule has 1 aromatic carbocycles. The molecule has 2 N–H and O–H groups in total. The van der Waals surface area contributed by atoms with E-state index in [1.54, 1.807) is 33.8 Å². The minimum Gasteiger partial charge on any atom is -0.444 e. The lowest BCUT2D eigenvalue weighted by molar-refractivity contribution is 0.0534. The van der Waals surface area contributed by atoms with Crippen molar-refractivity contribution in [1.82, 2.24) is 10.0 Å². The Bertz CT molecular complexity index is 913. The van der Waals surface area contributed by atoms with Crippen LogP contribution < -0.4 is 10.0 Å². The highest BCUT2D eigenvalue weighted by Gasteiger charge is 2.19. The van der Waals surface area contributed by atoms with E-state index in [1.807, 2.05) is 0 Å². The second-order valence-electron chi connectivity index (χ2n) is 6.91. The van der Waals surface area contributed by atoms with Crippen LogP contribution in [0.25, 0.3) is 0 Å². The Morgan fingerprint density at radius 2 is 1.70 bits per heavy atom. The Labute approximate surface area is 161 Å². The Morgan fingerprint density at radius 3 is 2.26 bits per heavy atom. The van der Waals surface area contributed by atoms with Gasteiger partial charge in [0.1, 0.15) is 5.60 Å². The monoisotopic (exact) mass is 418 g/mol. The maximum Gasteiger partial charge on any atom is 0.407 e. The maximum absolute atomic E-state index is 12.4. The van der Waals surface area contributed by atoms with Crippen molar-refractivity contribution in [3.63, 3.8) is 0 Å². The number of alkyl carbamates (subject to hydrolysis) is 1. The van der Waals surface area contributed by atoms with Gasteiger partial charge in [-0.05, 0) is 45.4 Å². The van der Waals surface area contributed by atoms with Crippen LogP contribution in [0.2, 0.25) is 0 Å². The summed E-state index contributed by atoms with van der Waals surface area (Å²) in [6, 6.07) is 3.96. The molecule has 0 bridgehead atoms. The van der Waals surface area contributed by atoms with E-state index >= 15 is 0 Å². The molecule has 0 fully saturated rings. The molecular formula is C17H26N2O6S2. The van der Waals surface area contributed by atoms with Crippen LogP contribution in [0.5, 0.6) is 0 Å². The lowest BCUT2D eigenvalue weighted by atomic mass is 10.2. The van der Waals surface area contributed by atoms with Crippen molar-refractivity contribution in [3.05, 3.63) is 35.9 Å². The molecule has 0 aromatic heterocycles. The predicted molar refractivity (Wildman–Crippen MR) is 103 cm³/mol. The van der Waals surface area contributed by atoms with Gasteiger partial charge in [0.25, 0.3) is 0 Å². The number of carbonyl (C=O) groups is 1. The van der Waals surface area contributed by atoms with E-state index in [0.717, 1.165) is 12.3 Å². The molecule has 8 nitrogen and oxygen atoms in total. The van der Waals surface area contributed by atoms with Crippen molar-refractivity contribution >= 4 is 26.0 Å². The van der Waals surface area contributed by atoms with Crippen LogP contribution in [0.3, 0.4) is 0 Å². The summed E-state index contributed by atoms with van der Waals surface area (Å²) in [5, 5.41) is 2.51. The first-order valence-electron chi connectivity index (χ1n) is 8.14. The van der Waals surface area contributed by atoms with Gasteiger partial charge in [-0.3, -0.25) is 0 Å². The van der Waals surface area contributed by atoms with Crippen molar-refractivity contribution in [2.24, 2.45) is 0 Å². The average molecular weight is 419 g/mol. The highest BCUT2D eigenvalue weighted by atomic mass is 32.2. The van der Waals surface area contributed by atoms with Crippen molar-refractivity contribution in [1.29, 1.82) is 0 Å². The van der Waals surface area contributed by atoms with Gasteiger partial charge in [-0.15, -0.1) is 0 Å². The molecule has 0 heterocycles. The molecule has 27 heavy (non-hydrogen) atoms. The van der Waals surface area contributed by atoms with Crippen LogP contribution in [-0.4, -0.2) is 47.9 Å². The molecule has 1 aromatic rings. The molecule has 0 atom stereocenters. The summed E-state index contributed by atoms with van der Waals surface area (Å²) >= 11 is 0. The topological polar surface area (TPSA) is 119 Å². The molecule has 152 valence electrons. The number of ether oxygens (including phenoxy) is 1.